The Morgan fingerprint density at radius 1 is 0.935 bits per heavy atom. The molecule has 1 saturated heterocycles. The van der Waals surface area contributed by atoms with Crippen molar-refractivity contribution in [2.24, 2.45) is 11.0 Å². The van der Waals surface area contributed by atoms with Gasteiger partial charge in [-0.3, -0.25) is 5.43 Å². The Morgan fingerprint density at radius 2 is 1.61 bits per heavy atom. The van der Waals surface area contributed by atoms with Crippen LogP contribution in [0, 0.1) is 5.92 Å². The van der Waals surface area contributed by atoms with Crippen LogP contribution in [0.4, 0.5) is 5.13 Å². The number of nitrogens with zero attached hydrogens (tertiary/aromatic N) is 2. The Labute approximate surface area is 187 Å². The minimum Gasteiger partial charge on any atom is -0.302 e. The first-order chi connectivity index (χ1) is 15.3. The van der Waals surface area contributed by atoms with E-state index in [1.165, 1.54) is 21.5 Å². The van der Waals surface area contributed by atoms with E-state index >= 15 is 0 Å². The predicted molar refractivity (Wildman–Crippen MR) is 131 cm³/mol. The second-order valence-corrected chi connectivity index (χ2v) is 8.97. The van der Waals surface area contributed by atoms with E-state index in [1.54, 1.807) is 11.3 Å². The first-order valence-corrected chi connectivity index (χ1v) is 11.7. The lowest BCUT2D eigenvalue weighted by Gasteiger charge is -2.39. The van der Waals surface area contributed by atoms with E-state index in [1.807, 2.05) is 18.2 Å². The summed E-state index contributed by atoms with van der Waals surface area (Å²) >= 11 is 1.64. The quantitative estimate of drug-likeness (QED) is 0.355. The number of anilines is 1. The van der Waals surface area contributed by atoms with E-state index in [-0.39, 0.29) is 12.1 Å². The molecule has 1 aliphatic rings. The second kappa shape index (κ2) is 9.00. The highest BCUT2D eigenvalue weighted by molar-refractivity contribution is 7.22. The van der Waals surface area contributed by atoms with Crippen LogP contribution in [0.2, 0.25) is 0 Å². The van der Waals surface area contributed by atoms with Crippen molar-refractivity contribution in [2.75, 3.05) is 5.43 Å². The molecule has 156 valence electrons. The van der Waals surface area contributed by atoms with Crippen molar-refractivity contribution in [3.63, 3.8) is 0 Å². The van der Waals surface area contributed by atoms with E-state index in [9.17, 15) is 0 Å². The zero-order chi connectivity index (χ0) is 21.0. The molecule has 4 aromatic rings. The summed E-state index contributed by atoms with van der Waals surface area (Å²) < 4.78 is 1.17. The molecule has 0 bridgehead atoms. The first kappa shape index (κ1) is 19.9. The number of fused-ring (bicyclic) bond motifs is 1. The Morgan fingerprint density at radius 3 is 2.32 bits per heavy atom. The fourth-order valence-electron chi connectivity index (χ4n) is 4.47. The van der Waals surface area contributed by atoms with Gasteiger partial charge in [0.1, 0.15) is 0 Å². The monoisotopic (exact) mass is 426 g/mol. The van der Waals surface area contributed by atoms with Crippen molar-refractivity contribution < 1.29 is 0 Å². The maximum absolute atomic E-state index is 4.93. The summed E-state index contributed by atoms with van der Waals surface area (Å²) in [5.41, 5.74) is 8.09. The molecule has 4 nitrogen and oxygen atoms in total. The average Bonchev–Trinajstić information content (AvgIpc) is 3.26. The van der Waals surface area contributed by atoms with Crippen molar-refractivity contribution >= 4 is 32.4 Å². The highest BCUT2D eigenvalue weighted by Crippen LogP contribution is 2.37. The lowest BCUT2D eigenvalue weighted by molar-refractivity contribution is 0.343. The van der Waals surface area contributed by atoms with Crippen molar-refractivity contribution in [1.82, 2.24) is 10.3 Å². The Hall–Kier alpha value is -3.02. The van der Waals surface area contributed by atoms with Crippen LogP contribution in [-0.2, 0) is 0 Å². The number of piperidine rings is 1. The van der Waals surface area contributed by atoms with Gasteiger partial charge in [0.2, 0.25) is 5.13 Å². The zero-order valence-corrected chi connectivity index (χ0v) is 18.3. The van der Waals surface area contributed by atoms with Gasteiger partial charge >= 0.3 is 0 Å². The molecule has 2 heterocycles. The van der Waals surface area contributed by atoms with E-state index in [4.69, 9.17) is 5.10 Å². The van der Waals surface area contributed by atoms with E-state index in [0.717, 1.165) is 23.5 Å². The number of para-hydroxylation sites is 1. The van der Waals surface area contributed by atoms with Crippen molar-refractivity contribution in [1.29, 1.82) is 0 Å². The van der Waals surface area contributed by atoms with Crippen LogP contribution in [0.5, 0.6) is 0 Å². The molecule has 0 spiro atoms. The van der Waals surface area contributed by atoms with E-state index in [2.05, 4.69) is 89.4 Å². The van der Waals surface area contributed by atoms with Gasteiger partial charge in [0.05, 0.1) is 10.2 Å². The van der Waals surface area contributed by atoms with Gasteiger partial charge in [-0.25, -0.2) is 4.98 Å². The van der Waals surface area contributed by atoms with Gasteiger partial charge in [-0.05, 0) is 29.7 Å². The molecular formula is C26H26N4S. The molecule has 0 saturated carbocycles. The van der Waals surface area contributed by atoms with Crippen LogP contribution in [0.3, 0.4) is 0 Å². The maximum Gasteiger partial charge on any atom is 0.204 e. The van der Waals surface area contributed by atoms with Crippen LogP contribution in [0.15, 0.2) is 90.0 Å². The van der Waals surface area contributed by atoms with Crippen LogP contribution >= 0.6 is 11.3 Å². The smallest absolute Gasteiger partial charge is 0.204 e. The SMILES string of the molecule is CCC1/C(=N/Nc2nc3ccccc3s2)CC(c2ccccc2)NC1c1ccccc1. The summed E-state index contributed by atoms with van der Waals surface area (Å²) in [5.74, 6) is 0.323. The Kier molecular flexibility index (Phi) is 5.78. The Bertz CT molecular complexity index is 1140. The summed E-state index contributed by atoms with van der Waals surface area (Å²) in [6.07, 6.45) is 1.90. The van der Waals surface area contributed by atoms with Crippen molar-refractivity contribution in [2.45, 2.75) is 31.8 Å². The van der Waals surface area contributed by atoms with Gasteiger partial charge in [-0.15, -0.1) is 0 Å². The van der Waals surface area contributed by atoms with Crippen molar-refractivity contribution in [3.05, 3.63) is 96.1 Å². The minimum absolute atomic E-state index is 0.223. The van der Waals surface area contributed by atoms with Gasteiger partial charge in [-0.2, -0.15) is 5.10 Å². The molecule has 0 amide bonds. The molecule has 5 rings (SSSR count). The van der Waals surface area contributed by atoms with Crippen molar-refractivity contribution in [3.8, 4) is 0 Å². The molecule has 3 unspecified atom stereocenters. The molecule has 2 N–H and O–H groups in total. The highest BCUT2D eigenvalue weighted by atomic mass is 32.1. The predicted octanol–water partition coefficient (Wildman–Crippen LogP) is 6.57. The van der Waals surface area contributed by atoms with Crippen LogP contribution in [-0.4, -0.2) is 10.7 Å². The third-order valence-electron chi connectivity index (χ3n) is 6.01. The largest absolute Gasteiger partial charge is 0.302 e. The molecule has 1 fully saturated rings. The molecule has 0 radical (unpaired) electrons. The number of rotatable bonds is 5. The number of hydrogen-bond donors (Lipinski definition) is 2. The fraction of sp³-hybridized carbons (Fsp3) is 0.231. The lowest BCUT2D eigenvalue weighted by atomic mass is 9.79. The fourth-order valence-corrected chi connectivity index (χ4v) is 5.28. The maximum atomic E-state index is 4.93. The average molecular weight is 427 g/mol. The zero-order valence-electron chi connectivity index (χ0n) is 17.5. The summed E-state index contributed by atoms with van der Waals surface area (Å²) in [7, 11) is 0. The van der Waals surface area contributed by atoms with Gasteiger partial charge in [0.25, 0.3) is 0 Å². The highest BCUT2D eigenvalue weighted by Gasteiger charge is 2.35. The van der Waals surface area contributed by atoms with Gasteiger partial charge in [0.15, 0.2) is 0 Å². The van der Waals surface area contributed by atoms with Gasteiger partial charge < -0.3 is 5.32 Å². The number of aromatic nitrogens is 1. The molecule has 1 aromatic heterocycles. The van der Waals surface area contributed by atoms with Crippen LogP contribution in [0.25, 0.3) is 10.2 Å². The first-order valence-electron chi connectivity index (χ1n) is 10.9. The third-order valence-corrected chi connectivity index (χ3v) is 6.95. The van der Waals surface area contributed by atoms with Crippen LogP contribution in [0.1, 0.15) is 43.0 Å². The molecular weight excluding hydrogens is 400 g/mol. The number of hydrazone groups is 1. The molecule has 3 aromatic carbocycles. The van der Waals surface area contributed by atoms with E-state index < -0.39 is 0 Å². The number of hydrogen-bond acceptors (Lipinski definition) is 5. The molecule has 5 heteroatoms. The number of nitrogens with one attached hydrogen (secondary N) is 2. The van der Waals surface area contributed by atoms with Gasteiger partial charge in [-0.1, -0.05) is 91.1 Å². The summed E-state index contributed by atoms with van der Waals surface area (Å²) in [5, 5.41) is 9.68. The Balaban J connectivity index is 1.48. The van der Waals surface area contributed by atoms with E-state index in [0.29, 0.717) is 5.92 Å². The van der Waals surface area contributed by atoms with Crippen LogP contribution < -0.4 is 10.7 Å². The second-order valence-electron chi connectivity index (χ2n) is 7.94. The summed E-state index contributed by atoms with van der Waals surface area (Å²) in [4.78, 5) is 4.69. The molecule has 1 aliphatic heterocycles. The normalized spacial score (nSPS) is 22.6. The lowest BCUT2D eigenvalue weighted by Crippen LogP contribution is -2.42. The standard InChI is InChI=1S/C26H26N4S/c1-2-20-23(29-30-26-28-21-15-9-10-16-24(21)31-26)17-22(18-11-5-3-6-12-18)27-25(20)19-13-7-4-8-14-19/h3-16,20,22,25,27H,2,17H2,1H3,(H,28,30)/b29-23+. The molecule has 3 atom stereocenters. The number of benzene rings is 3. The molecule has 0 aliphatic carbocycles. The summed E-state index contributed by atoms with van der Waals surface area (Å²) in [6, 6.07) is 30.1. The minimum atomic E-state index is 0.223. The topological polar surface area (TPSA) is 49.3 Å². The number of thiazole rings is 1. The molecule has 31 heavy (non-hydrogen) atoms. The summed E-state index contributed by atoms with van der Waals surface area (Å²) in [6.45, 7) is 2.25. The third kappa shape index (κ3) is 4.24. The van der Waals surface area contributed by atoms with Gasteiger partial charge in [0, 0.05) is 30.1 Å².